The number of anilines is 1. The molecule has 1 saturated heterocycles. The minimum Gasteiger partial charge on any atom is -0.465 e. The zero-order valence-corrected chi connectivity index (χ0v) is 12.4. The zero-order valence-electron chi connectivity index (χ0n) is 10.8. The van der Waals surface area contributed by atoms with Crippen LogP contribution in [0.15, 0.2) is 28.7 Å². The highest BCUT2D eigenvalue weighted by Crippen LogP contribution is 2.23. The number of hydrogen-bond acceptors (Lipinski definition) is 4. The summed E-state index contributed by atoms with van der Waals surface area (Å²) in [6, 6.07) is 6.50. The number of carbonyl (C=O) groups excluding carboxylic acids is 3. The van der Waals surface area contributed by atoms with E-state index in [0.29, 0.717) is 5.69 Å². The first-order valence-corrected chi connectivity index (χ1v) is 6.85. The Balaban J connectivity index is 2.12. The molecule has 106 valence electrons. The number of imide groups is 1. The molecule has 0 radical (unpaired) electrons. The number of carbonyl (C=O) groups is 3. The highest BCUT2D eigenvalue weighted by molar-refractivity contribution is 9.10. The van der Waals surface area contributed by atoms with E-state index >= 15 is 0 Å². The lowest BCUT2D eigenvalue weighted by Gasteiger charge is -2.16. The number of benzene rings is 1. The molecule has 6 nitrogen and oxygen atoms in total. The molecule has 1 aromatic rings. The lowest BCUT2D eigenvalue weighted by molar-refractivity contribution is -0.146. The highest BCUT2D eigenvalue weighted by atomic mass is 79.9. The molecule has 20 heavy (non-hydrogen) atoms. The van der Waals surface area contributed by atoms with E-state index in [1.807, 2.05) is 0 Å². The summed E-state index contributed by atoms with van der Waals surface area (Å²) >= 11 is 3.30. The Kier molecular flexibility index (Phi) is 4.39. The summed E-state index contributed by atoms with van der Waals surface area (Å²) in [7, 11) is 0. The van der Waals surface area contributed by atoms with E-state index in [9.17, 15) is 14.4 Å². The van der Waals surface area contributed by atoms with Gasteiger partial charge in [0.2, 0.25) is 0 Å². The first kappa shape index (κ1) is 14.5. The molecule has 3 amide bonds. The average molecular weight is 341 g/mol. The van der Waals surface area contributed by atoms with Crippen molar-refractivity contribution in [2.24, 2.45) is 0 Å². The third-order valence-electron chi connectivity index (χ3n) is 2.79. The fraction of sp³-hybridized carbons (Fsp3) is 0.308. The van der Waals surface area contributed by atoms with Crippen LogP contribution in [0.5, 0.6) is 0 Å². The van der Waals surface area contributed by atoms with E-state index in [0.717, 1.165) is 9.37 Å². The van der Waals surface area contributed by atoms with Gasteiger partial charge < -0.3 is 4.74 Å². The summed E-state index contributed by atoms with van der Waals surface area (Å²) in [5.41, 5.74) is 0.609. The number of ether oxygens (including phenoxy) is 1. The Labute approximate surface area is 124 Å². The maximum Gasteiger partial charge on any atom is 0.332 e. The van der Waals surface area contributed by atoms with Gasteiger partial charge in [-0.15, -0.1) is 0 Å². The fourth-order valence-corrected chi connectivity index (χ4v) is 2.12. The van der Waals surface area contributed by atoms with Crippen LogP contribution < -0.4 is 4.90 Å². The van der Waals surface area contributed by atoms with Crippen molar-refractivity contribution in [3.8, 4) is 0 Å². The van der Waals surface area contributed by atoms with E-state index in [-0.39, 0.29) is 19.7 Å². The zero-order chi connectivity index (χ0) is 14.7. The van der Waals surface area contributed by atoms with Crippen molar-refractivity contribution in [3.05, 3.63) is 28.7 Å². The largest absolute Gasteiger partial charge is 0.465 e. The van der Waals surface area contributed by atoms with Crippen molar-refractivity contribution >= 4 is 39.5 Å². The van der Waals surface area contributed by atoms with Gasteiger partial charge in [0, 0.05) is 10.2 Å². The topological polar surface area (TPSA) is 66.9 Å². The molecule has 1 aliphatic rings. The molecule has 7 heteroatoms. The summed E-state index contributed by atoms with van der Waals surface area (Å²) in [5.74, 6) is -1.00. The molecule has 0 aromatic heterocycles. The van der Waals surface area contributed by atoms with E-state index in [2.05, 4.69) is 15.9 Å². The quantitative estimate of drug-likeness (QED) is 0.619. The molecule has 0 bridgehead atoms. The lowest BCUT2D eigenvalue weighted by Crippen LogP contribution is -2.37. The summed E-state index contributed by atoms with van der Waals surface area (Å²) in [6.45, 7) is 1.46. The van der Waals surface area contributed by atoms with Crippen LogP contribution in [0, 0.1) is 0 Å². The van der Waals surface area contributed by atoms with Crippen LogP contribution in [-0.4, -0.2) is 42.5 Å². The molecule has 0 aliphatic carbocycles. The van der Waals surface area contributed by atoms with Crippen molar-refractivity contribution in [2.45, 2.75) is 6.92 Å². The van der Waals surface area contributed by atoms with Crippen molar-refractivity contribution in [1.29, 1.82) is 0 Å². The maximum atomic E-state index is 12.2. The maximum absolute atomic E-state index is 12.2. The first-order chi connectivity index (χ1) is 9.52. The Morgan fingerprint density at radius 2 is 1.95 bits per heavy atom. The molecule has 0 unspecified atom stereocenters. The summed E-state index contributed by atoms with van der Waals surface area (Å²) in [4.78, 5) is 37.6. The van der Waals surface area contributed by atoms with Gasteiger partial charge >= 0.3 is 12.0 Å². The summed E-state index contributed by atoms with van der Waals surface area (Å²) in [5, 5.41) is 0. The van der Waals surface area contributed by atoms with E-state index < -0.39 is 17.9 Å². The van der Waals surface area contributed by atoms with Crippen LogP contribution in [0.3, 0.4) is 0 Å². The van der Waals surface area contributed by atoms with Gasteiger partial charge in [-0.1, -0.05) is 15.9 Å². The second-order valence-corrected chi connectivity index (χ2v) is 5.05. The number of halogens is 1. The van der Waals surface area contributed by atoms with Crippen molar-refractivity contribution in [1.82, 2.24) is 4.90 Å². The van der Waals surface area contributed by atoms with Gasteiger partial charge in [0.15, 0.2) is 0 Å². The number of rotatable bonds is 4. The molecule has 1 fully saturated rings. The molecule has 0 spiro atoms. The van der Waals surface area contributed by atoms with Crippen molar-refractivity contribution < 1.29 is 19.1 Å². The predicted octanol–water partition coefficient (Wildman–Crippen LogP) is 1.78. The molecular formula is C13H13BrN2O4. The second-order valence-electron chi connectivity index (χ2n) is 4.13. The number of urea groups is 1. The smallest absolute Gasteiger partial charge is 0.332 e. The molecule has 0 N–H and O–H groups in total. The molecule has 1 heterocycles. The molecule has 0 atom stereocenters. The minimum atomic E-state index is -0.591. The number of esters is 1. The Morgan fingerprint density at radius 1 is 1.30 bits per heavy atom. The van der Waals surface area contributed by atoms with Crippen LogP contribution in [0.25, 0.3) is 0 Å². The van der Waals surface area contributed by atoms with Crippen LogP contribution >= 0.6 is 15.9 Å². The highest BCUT2D eigenvalue weighted by Gasteiger charge is 2.38. The molecule has 1 aliphatic heterocycles. The van der Waals surface area contributed by atoms with E-state index in [1.165, 1.54) is 4.90 Å². The van der Waals surface area contributed by atoms with Gasteiger partial charge in [-0.3, -0.25) is 19.4 Å². The summed E-state index contributed by atoms with van der Waals surface area (Å²) in [6.07, 6.45) is 0. The lowest BCUT2D eigenvalue weighted by atomic mass is 10.3. The second kappa shape index (κ2) is 6.04. The number of hydrogen-bond donors (Lipinski definition) is 0. The monoisotopic (exact) mass is 340 g/mol. The van der Waals surface area contributed by atoms with Gasteiger partial charge in [-0.25, -0.2) is 4.79 Å². The minimum absolute atomic E-state index is 0.0696. The Hall–Kier alpha value is -1.89. The predicted molar refractivity (Wildman–Crippen MR) is 75.2 cm³/mol. The molecule has 0 saturated carbocycles. The van der Waals surface area contributed by atoms with Gasteiger partial charge in [-0.2, -0.15) is 0 Å². The van der Waals surface area contributed by atoms with Gasteiger partial charge in [0.25, 0.3) is 5.91 Å². The number of amides is 3. The van der Waals surface area contributed by atoms with Crippen molar-refractivity contribution in [2.75, 3.05) is 24.6 Å². The van der Waals surface area contributed by atoms with Gasteiger partial charge in [-0.05, 0) is 31.2 Å². The average Bonchev–Trinajstić information content (AvgIpc) is 2.68. The van der Waals surface area contributed by atoms with Crippen molar-refractivity contribution in [3.63, 3.8) is 0 Å². The van der Waals surface area contributed by atoms with Gasteiger partial charge in [0.1, 0.15) is 13.1 Å². The fourth-order valence-electron chi connectivity index (χ4n) is 1.85. The summed E-state index contributed by atoms with van der Waals surface area (Å²) < 4.78 is 5.62. The van der Waals surface area contributed by atoms with Gasteiger partial charge in [0.05, 0.1) is 6.61 Å². The standard InChI is InChI=1S/C13H13BrN2O4/c1-2-20-12(18)8-16-11(17)7-15(13(16)19)10-5-3-9(14)4-6-10/h3-6H,2,7-8H2,1H3. The Bertz CT molecular complexity index is 544. The molecular weight excluding hydrogens is 328 g/mol. The van der Waals surface area contributed by atoms with E-state index in [4.69, 9.17) is 4.74 Å². The number of nitrogens with zero attached hydrogens (tertiary/aromatic N) is 2. The normalized spacial score (nSPS) is 14.9. The molecule has 2 rings (SSSR count). The third-order valence-corrected chi connectivity index (χ3v) is 3.32. The first-order valence-electron chi connectivity index (χ1n) is 6.06. The molecule has 1 aromatic carbocycles. The van der Waals surface area contributed by atoms with Crippen LogP contribution in [0.4, 0.5) is 10.5 Å². The third kappa shape index (κ3) is 2.98. The van der Waals surface area contributed by atoms with Crippen LogP contribution in [0.2, 0.25) is 0 Å². The Morgan fingerprint density at radius 3 is 2.55 bits per heavy atom. The SMILES string of the molecule is CCOC(=O)CN1C(=O)CN(c2ccc(Br)cc2)C1=O. The van der Waals surface area contributed by atoms with E-state index in [1.54, 1.807) is 31.2 Å². The van der Waals surface area contributed by atoms with Crippen LogP contribution in [0.1, 0.15) is 6.92 Å². The van der Waals surface area contributed by atoms with Crippen LogP contribution in [-0.2, 0) is 14.3 Å².